The van der Waals surface area contributed by atoms with Crippen LogP contribution in [0.2, 0.25) is 5.02 Å². The van der Waals surface area contributed by atoms with Crippen molar-refractivity contribution in [2.75, 3.05) is 30.8 Å². The van der Waals surface area contributed by atoms with Gasteiger partial charge in [0.05, 0.1) is 5.75 Å². The third-order valence-electron chi connectivity index (χ3n) is 3.15. The first-order valence-corrected chi connectivity index (χ1v) is 8.94. The van der Waals surface area contributed by atoms with Crippen molar-refractivity contribution in [3.63, 3.8) is 0 Å². The molecule has 1 aliphatic heterocycles. The molecule has 1 aromatic rings. The Morgan fingerprint density at radius 2 is 2.09 bits per heavy atom. The SMILES string of the molecule is O=C(COC(=O)CSC(=S)N1CCCC1)Nc1cccc(Cl)c1. The van der Waals surface area contributed by atoms with Crippen LogP contribution in [0.5, 0.6) is 0 Å². The molecule has 1 saturated heterocycles. The Kier molecular flexibility index (Phi) is 7.14. The Balaban J connectivity index is 1.65. The number of rotatable bonds is 5. The number of benzene rings is 1. The van der Waals surface area contributed by atoms with Crippen LogP contribution in [0.1, 0.15) is 12.8 Å². The lowest BCUT2D eigenvalue weighted by molar-refractivity contribution is -0.144. The minimum atomic E-state index is -0.460. The van der Waals surface area contributed by atoms with Gasteiger partial charge < -0.3 is 15.0 Å². The predicted octanol–water partition coefficient (Wildman–Crippen LogP) is 2.94. The molecule has 0 aliphatic carbocycles. The zero-order valence-electron chi connectivity index (χ0n) is 12.4. The van der Waals surface area contributed by atoms with Crippen LogP contribution >= 0.6 is 35.6 Å². The molecule has 124 valence electrons. The fraction of sp³-hybridized carbons (Fsp3) is 0.400. The number of amides is 1. The van der Waals surface area contributed by atoms with E-state index in [0.29, 0.717) is 15.0 Å². The summed E-state index contributed by atoms with van der Waals surface area (Å²) in [5, 5.41) is 3.13. The van der Waals surface area contributed by atoms with Crippen LogP contribution in [0.15, 0.2) is 24.3 Å². The summed E-state index contributed by atoms with van der Waals surface area (Å²) in [7, 11) is 0. The summed E-state index contributed by atoms with van der Waals surface area (Å²) in [5.41, 5.74) is 0.558. The number of nitrogens with one attached hydrogen (secondary N) is 1. The smallest absolute Gasteiger partial charge is 0.316 e. The van der Waals surface area contributed by atoms with Gasteiger partial charge in [-0.3, -0.25) is 9.59 Å². The molecule has 1 N–H and O–H groups in total. The Morgan fingerprint density at radius 3 is 2.78 bits per heavy atom. The Labute approximate surface area is 149 Å². The lowest BCUT2D eigenvalue weighted by atomic mass is 10.3. The number of carbonyl (C=O) groups is 2. The lowest BCUT2D eigenvalue weighted by Crippen LogP contribution is -2.25. The molecule has 0 spiro atoms. The van der Waals surface area contributed by atoms with E-state index < -0.39 is 11.9 Å². The quantitative estimate of drug-likeness (QED) is 0.633. The summed E-state index contributed by atoms with van der Waals surface area (Å²) in [6.45, 7) is 1.56. The molecule has 8 heteroatoms. The van der Waals surface area contributed by atoms with Crippen LogP contribution in [-0.2, 0) is 14.3 Å². The first kappa shape index (κ1) is 18.0. The van der Waals surface area contributed by atoms with E-state index in [9.17, 15) is 9.59 Å². The Bertz CT molecular complexity index is 592. The lowest BCUT2D eigenvalue weighted by Gasteiger charge is -2.17. The molecule has 0 radical (unpaired) electrons. The zero-order chi connectivity index (χ0) is 16.7. The third kappa shape index (κ3) is 6.37. The first-order chi connectivity index (χ1) is 11.0. The van der Waals surface area contributed by atoms with Gasteiger partial charge in [-0.25, -0.2) is 0 Å². The molecule has 2 rings (SSSR count). The minimum Gasteiger partial charge on any atom is -0.455 e. The van der Waals surface area contributed by atoms with E-state index >= 15 is 0 Å². The normalized spacial score (nSPS) is 13.7. The molecule has 1 aliphatic rings. The number of nitrogens with zero attached hydrogens (tertiary/aromatic N) is 1. The maximum atomic E-state index is 11.7. The number of thioether (sulfide) groups is 1. The second kappa shape index (κ2) is 9.10. The van der Waals surface area contributed by atoms with Crippen molar-refractivity contribution in [2.24, 2.45) is 0 Å². The van der Waals surface area contributed by atoms with Crippen LogP contribution < -0.4 is 5.32 Å². The molecule has 1 aromatic carbocycles. The molecule has 1 heterocycles. The fourth-order valence-corrected chi connectivity index (χ4v) is 3.30. The van der Waals surface area contributed by atoms with E-state index in [2.05, 4.69) is 10.2 Å². The maximum Gasteiger partial charge on any atom is 0.316 e. The number of hydrogen-bond donors (Lipinski definition) is 1. The van der Waals surface area contributed by atoms with Gasteiger partial charge in [0, 0.05) is 23.8 Å². The molecule has 1 fully saturated rings. The van der Waals surface area contributed by atoms with Crippen molar-refractivity contribution in [2.45, 2.75) is 12.8 Å². The zero-order valence-corrected chi connectivity index (χ0v) is 14.8. The molecule has 0 saturated carbocycles. The molecule has 1 amide bonds. The standard InChI is InChI=1S/C15H17ClN2O3S2/c16-11-4-3-5-12(8-11)17-13(19)9-21-14(20)10-23-15(22)18-6-1-2-7-18/h3-5,8H,1-2,6-7,9-10H2,(H,17,19). The van der Waals surface area contributed by atoms with Gasteiger partial charge in [-0.2, -0.15) is 0 Å². The molecule has 0 unspecified atom stereocenters. The largest absolute Gasteiger partial charge is 0.455 e. The van der Waals surface area contributed by atoms with Crippen LogP contribution in [0.3, 0.4) is 0 Å². The van der Waals surface area contributed by atoms with Gasteiger partial charge in [0.25, 0.3) is 5.91 Å². The van der Waals surface area contributed by atoms with Crippen LogP contribution in [-0.4, -0.2) is 46.5 Å². The van der Waals surface area contributed by atoms with Crippen LogP contribution in [0.25, 0.3) is 0 Å². The van der Waals surface area contributed by atoms with Gasteiger partial charge in [0.1, 0.15) is 4.32 Å². The highest BCUT2D eigenvalue weighted by molar-refractivity contribution is 8.23. The average Bonchev–Trinajstić information content (AvgIpc) is 3.05. The van der Waals surface area contributed by atoms with Crippen molar-refractivity contribution in [1.82, 2.24) is 4.90 Å². The van der Waals surface area contributed by atoms with E-state index in [1.807, 2.05) is 0 Å². The summed E-state index contributed by atoms with van der Waals surface area (Å²) in [5.74, 6) is -0.759. The second-order valence-electron chi connectivity index (χ2n) is 4.97. The third-order valence-corrected chi connectivity index (χ3v) is 4.88. The highest BCUT2D eigenvalue weighted by Crippen LogP contribution is 2.16. The summed E-state index contributed by atoms with van der Waals surface area (Å²) in [6.07, 6.45) is 2.27. The summed E-state index contributed by atoms with van der Waals surface area (Å²) in [4.78, 5) is 25.4. The number of halogens is 1. The van der Waals surface area contributed by atoms with Crippen molar-refractivity contribution in [3.05, 3.63) is 29.3 Å². The Hall–Kier alpha value is -1.31. The molecule has 23 heavy (non-hydrogen) atoms. The first-order valence-electron chi connectivity index (χ1n) is 7.17. The van der Waals surface area contributed by atoms with E-state index in [1.165, 1.54) is 11.8 Å². The van der Waals surface area contributed by atoms with Crippen molar-refractivity contribution >= 4 is 57.5 Å². The monoisotopic (exact) mass is 372 g/mol. The van der Waals surface area contributed by atoms with Gasteiger partial charge in [-0.15, -0.1) is 0 Å². The average molecular weight is 373 g/mol. The number of likely N-dealkylation sites (tertiary alicyclic amines) is 1. The second-order valence-corrected chi connectivity index (χ2v) is 7.01. The van der Waals surface area contributed by atoms with Gasteiger partial charge >= 0.3 is 5.97 Å². The predicted molar refractivity (Wildman–Crippen MR) is 96.9 cm³/mol. The summed E-state index contributed by atoms with van der Waals surface area (Å²) >= 11 is 12.4. The van der Waals surface area contributed by atoms with Gasteiger partial charge in [-0.05, 0) is 31.0 Å². The highest BCUT2D eigenvalue weighted by Gasteiger charge is 2.17. The van der Waals surface area contributed by atoms with E-state index in [-0.39, 0.29) is 12.4 Å². The molecule has 0 atom stereocenters. The maximum absolute atomic E-state index is 11.7. The van der Waals surface area contributed by atoms with Crippen LogP contribution in [0.4, 0.5) is 5.69 Å². The number of thiocarbonyl (C=S) groups is 1. The fourth-order valence-electron chi connectivity index (χ4n) is 2.06. The van der Waals surface area contributed by atoms with Crippen molar-refractivity contribution < 1.29 is 14.3 Å². The molecular weight excluding hydrogens is 356 g/mol. The van der Waals surface area contributed by atoms with Crippen molar-refractivity contribution in [1.29, 1.82) is 0 Å². The molecular formula is C15H17ClN2O3S2. The van der Waals surface area contributed by atoms with E-state index in [4.69, 9.17) is 28.6 Å². The number of ether oxygens (including phenoxy) is 1. The number of hydrogen-bond acceptors (Lipinski definition) is 5. The molecule has 5 nitrogen and oxygen atoms in total. The minimum absolute atomic E-state index is 0.111. The van der Waals surface area contributed by atoms with Crippen LogP contribution in [0, 0.1) is 0 Å². The topological polar surface area (TPSA) is 58.6 Å². The van der Waals surface area contributed by atoms with Crippen molar-refractivity contribution in [3.8, 4) is 0 Å². The van der Waals surface area contributed by atoms with E-state index in [1.54, 1.807) is 24.3 Å². The van der Waals surface area contributed by atoms with Gasteiger partial charge in [-0.1, -0.05) is 41.6 Å². The number of anilines is 1. The molecule has 0 aromatic heterocycles. The number of esters is 1. The highest BCUT2D eigenvalue weighted by atomic mass is 35.5. The molecule has 0 bridgehead atoms. The number of carbonyl (C=O) groups excluding carboxylic acids is 2. The Morgan fingerprint density at radius 1 is 1.35 bits per heavy atom. The summed E-state index contributed by atoms with van der Waals surface area (Å²) < 4.78 is 5.65. The van der Waals surface area contributed by atoms with Gasteiger partial charge in [0.15, 0.2) is 6.61 Å². The van der Waals surface area contributed by atoms with E-state index in [0.717, 1.165) is 25.9 Å². The van der Waals surface area contributed by atoms with Gasteiger partial charge in [0.2, 0.25) is 0 Å². The summed E-state index contributed by atoms with van der Waals surface area (Å²) in [6, 6.07) is 6.75.